The third-order valence-electron chi connectivity index (χ3n) is 2.57. The predicted molar refractivity (Wildman–Crippen MR) is 64.5 cm³/mol. The van der Waals surface area contributed by atoms with Gasteiger partial charge in [-0.1, -0.05) is 33.1 Å². The summed E-state index contributed by atoms with van der Waals surface area (Å²) in [7, 11) is 1.60. The van der Waals surface area contributed by atoms with Crippen molar-refractivity contribution in [2.45, 2.75) is 39.5 Å². The Kier molecular flexibility index (Phi) is 10.2. The van der Waals surface area contributed by atoms with Crippen molar-refractivity contribution in [1.29, 1.82) is 0 Å². The molecule has 0 aliphatic rings. The van der Waals surface area contributed by atoms with E-state index in [0.717, 1.165) is 12.8 Å². The van der Waals surface area contributed by atoms with Gasteiger partial charge in [-0.25, -0.2) is 4.79 Å². The number of nitrogens with one attached hydrogen (secondary N) is 1. The van der Waals surface area contributed by atoms with Gasteiger partial charge >= 0.3 is 6.09 Å². The molecule has 4 heteroatoms. The van der Waals surface area contributed by atoms with Crippen molar-refractivity contribution >= 4 is 6.09 Å². The first-order chi connectivity index (χ1) is 7.74. The zero-order valence-corrected chi connectivity index (χ0v) is 10.8. The number of carbonyl (C=O) groups is 1. The summed E-state index contributed by atoms with van der Waals surface area (Å²) >= 11 is 0. The Morgan fingerprint density at radius 3 is 2.69 bits per heavy atom. The number of hydrogen-bond acceptors (Lipinski definition) is 3. The number of alkyl carbamates (subject to hydrolysis) is 1. The van der Waals surface area contributed by atoms with E-state index in [-0.39, 0.29) is 6.09 Å². The zero-order valence-electron chi connectivity index (χ0n) is 10.8. The maximum absolute atomic E-state index is 11.2. The predicted octanol–water partition coefficient (Wildman–Crippen LogP) is 2.58. The van der Waals surface area contributed by atoms with E-state index in [1.54, 1.807) is 7.11 Å². The number of unbranched alkanes of at least 4 members (excludes halogenated alkanes) is 1. The first-order valence-corrected chi connectivity index (χ1v) is 6.14. The second kappa shape index (κ2) is 10.7. The van der Waals surface area contributed by atoms with Crippen LogP contribution in [0.5, 0.6) is 0 Å². The Labute approximate surface area is 98.7 Å². The van der Waals surface area contributed by atoms with Gasteiger partial charge in [0.25, 0.3) is 0 Å². The van der Waals surface area contributed by atoms with Crippen LogP contribution in [-0.2, 0) is 9.47 Å². The van der Waals surface area contributed by atoms with Crippen LogP contribution in [0.1, 0.15) is 39.5 Å². The third kappa shape index (κ3) is 8.53. The molecule has 0 aliphatic carbocycles. The van der Waals surface area contributed by atoms with Gasteiger partial charge in [0.15, 0.2) is 0 Å². The first-order valence-electron chi connectivity index (χ1n) is 6.14. The highest BCUT2D eigenvalue weighted by atomic mass is 16.5. The maximum atomic E-state index is 11.2. The lowest BCUT2D eigenvalue weighted by molar-refractivity contribution is 0.118. The van der Waals surface area contributed by atoms with Crippen LogP contribution in [0, 0.1) is 5.92 Å². The number of hydrogen-bond donors (Lipinski definition) is 1. The molecular weight excluding hydrogens is 206 g/mol. The molecule has 0 fully saturated rings. The fourth-order valence-corrected chi connectivity index (χ4v) is 1.40. The smallest absolute Gasteiger partial charge is 0.407 e. The molecule has 4 nitrogen and oxygen atoms in total. The summed E-state index contributed by atoms with van der Waals surface area (Å²) in [4.78, 5) is 11.2. The molecule has 0 aliphatic heterocycles. The molecule has 1 amide bonds. The van der Waals surface area contributed by atoms with Crippen LogP contribution in [0.15, 0.2) is 0 Å². The average Bonchev–Trinajstić information content (AvgIpc) is 2.30. The fourth-order valence-electron chi connectivity index (χ4n) is 1.40. The SMILES string of the molecule is CCCCC(CC)COC(=O)NCCOC. The molecule has 0 bridgehead atoms. The minimum atomic E-state index is -0.341. The largest absolute Gasteiger partial charge is 0.449 e. The second-order valence-corrected chi connectivity index (χ2v) is 3.93. The highest BCUT2D eigenvalue weighted by Crippen LogP contribution is 2.12. The monoisotopic (exact) mass is 231 g/mol. The molecule has 0 aromatic carbocycles. The van der Waals surface area contributed by atoms with E-state index in [9.17, 15) is 4.79 Å². The topological polar surface area (TPSA) is 47.6 Å². The molecule has 0 saturated heterocycles. The highest BCUT2D eigenvalue weighted by Gasteiger charge is 2.09. The summed E-state index contributed by atoms with van der Waals surface area (Å²) in [6.45, 7) is 5.84. The summed E-state index contributed by atoms with van der Waals surface area (Å²) in [5, 5.41) is 2.63. The number of amides is 1. The van der Waals surface area contributed by atoms with E-state index in [1.807, 2.05) is 0 Å². The molecule has 0 rings (SSSR count). The molecule has 0 spiro atoms. The standard InChI is InChI=1S/C12H25NO3/c1-4-6-7-11(5-2)10-16-12(14)13-8-9-15-3/h11H,4-10H2,1-3H3,(H,13,14). The third-order valence-corrected chi connectivity index (χ3v) is 2.57. The van der Waals surface area contributed by atoms with E-state index >= 15 is 0 Å². The molecule has 0 radical (unpaired) electrons. The van der Waals surface area contributed by atoms with Crippen LogP contribution in [-0.4, -0.2) is 33.0 Å². The van der Waals surface area contributed by atoms with Crippen LogP contribution in [0.2, 0.25) is 0 Å². The van der Waals surface area contributed by atoms with Gasteiger partial charge in [0.05, 0.1) is 13.2 Å². The molecule has 0 heterocycles. The molecule has 1 unspecified atom stereocenters. The van der Waals surface area contributed by atoms with Crippen molar-refractivity contribution in [2.75, 3.05) is 26.9 Å². The summed E-state index contributed by atoms with van der Waals surface area (Å²) in [6, 6.07) is 0. The molecule has 16 heavy (non-hydrogen) atoms. The Morgan fingerprint density at radius 2 is 2.12 bits per heavy atom. The van der Waals surface area contributed by atoms with Gasteiger partial charge in [-0.2, -0.15) is 0 Å². The van der Waals surface area contributed by atoms with E-state index in [4.69, 9.17) is 9.47 Å². The molecule has 0 aromatic heterocycles. The lowest BCUT2D eigenvalue weighted by Gasteiger charge is -2.14. The number of ether oxygens (including phenoxy) is 2. The molecule has 1 atom stereocenters. The average molecular weight is 231 g/mol. The molecule has 1 N–H and O–H groups in total. The van der Waals surface area contributed by atoms with Crippen molar-refractivity contribution in [3.05, 3.63) is 0 Å². The fraction of sp³-hybridized carbons (Fsp3) is 0.917. The van der Waals surface area contributed by atoms with Gasteiger partial charge in [0.2, 0.25) is 0 Å². The van der Waals surface area contributed by atoms with Gasteiger partial charge in [-0.15, -0.1) is 0 Å². The molecule has 0 saturated carbocycles. The molecule has 96 valence electrons. The Balaban J connectivity index is 3.54. The number of carbonyl (C=O) groups excluding carboxylic acids is 1. The van der Waals surface area contributed by atoms with Crippen molar-refractivity contribution < 1.29 is 14.3 Å². The van der Waals surface area contributed by atoms with Gasteiger partial charge < -0.3 is 14.8 Å². The first kappa shape index (κ1) is 15.2. The van der Waals surface area contributed by atoms with Crippen molar-refractivity contribution in [1.82, 2.24) is 5.32 Å². The van der Waals surface area contributed by atoms with Crippen molar-refractivity contribution in [3.8, 4) is 0 Å². The Morgan fingerprint density at radius 1 is 1.38 bits per heavy atom. The quantitative estimate of drug-likeness (QED) is 0.620. The normalized spacial score (nSPS) is 12.2. The number of methoxy groups -OCH3 is 1. The molecule has 0 aromatic rings. The van der Waals surface area contributed by atoms with E-state index < -0.39 is 0 Å². The lowest BCUT2D eigenvalue weighted by atomic mass is 10.0. The summed E-state index contributed by atoms with van der Waals surface area (Å²) in [5.74, 6) is 0.494. The summed E-state index contributed by atoms with van der Waals surface area (Å²) < 4.78 is 9.95. The van der Waals surface area contributed by atoms with E-state index in [2.05, 4.69) is 19.2 Å². The minimum absolute atomic E-state index is 0.341. The Bertz CT molecular complexity index is 174. The minimum Gasteiger partial charge on any atom is -0.449 e. The van der Waals surface area contributed by atoms with Crippen LogP contribution >= 0.6 is 0 Å². The lowest BCUT2D eigenvalue weighted by Crippen LogP contribution is -2.29. The van der Waals surface area contributed by atoms with Crippen molar-refractivity contribution in [3.63, 3.8) is 0 Å². The highest BCUT2D eigenvalue weighted by molar-refractivity contribution is 5.67. The van der Waals surface area contributed by atoms with Gasteiger partial charge in [-0.3, -0.25) is 0 Å². The van der Waals surface area contributed by atoms with Gasteiger partial charge in [-0.05, 0) is 12.3 Å². The van der Waals surface area contributed by atoms with Gasteiger partial charge in [0.1, 0.15) is 0 Å². The van der Waals surface area contributed by atoms with E-state index in [1.165, 1.54) is 12.8 Å². The van der Waals surface area contributed by atoms with E-state index in [0.29, 0.717) is 25.7 Å². The second-order valence-electron chi connectivity index (χ2n) is 3.93. The zero-order chi connectivity index (χ0) is 12.2. The molecular formula is C12H25NO3. The summed E-state index contributed by atoms with van der Waals surface area (Å²) in [5.41, 5.74) is 0. The summed E-state index contributed by atoms with van der Waals surface area (Å²) in [6.07, 6.45) is 4.25. The van der Waals surface area contributed by atoms with Gasteiger partial charge in [0, 0.05) is 13.7 Å². The van der Waals surface area contributed by atoms with Crippen LogP contribution < -0.4 is 5.32 Å². The van der Waals surface area contributed by atoms with Crippen LogP contribution in [0.4, 0.5) is 4.79 Å². The van der Waals surface area contributed by atoms with Crippen LogP contribution in [0.3, 0.4) is 0 Å². The van der Waals surface area contributed by atoms with Crippen molar-refractivity contribution in [2.24, 2.45) is 5.92 Å². The number of rotatable bonds is 9. The Hall–Kier alpha value is -0.770. The maximum Gasteiger partial charge on any atom is 0.407 e. The van der Waals surface area contributed by atoms with Crippen LogP contribution in [0.25, 0.3) is 0 Å².